The van der Waals surface area contributed by atoms with Gasteiger partial charge in [-0.1, -0.05) is 18.5 Å². The topological polar surface area (TPSA) is 55.1 Å². The van der Waals surface area contributed by atoms with E-state index >= 15 is 0 Å². The van der Waals surface area contributed by atoms with Gasteiger partial charge in [-0.2, -0.15) is 11.8 Å². The number of thioether (sulfide) groups is 1. The fourth-order valence-electron chi connectivity index (χ4n) is 1.42. The largest absolute Gasteiger partial charge is 0.399 e. The Morgan fingerprint density at radius 1 is 1.59 bits per heavy atom. The van der Waals surface area contributed by atoms with Crippen molar-refractivity contribution in [3.05, 3.63) is 28.8 Å². The summed E-state index contributed by atoms with van der Waals surface area (Å²) in [6.45, 7) is 2.74. The highest BCUT2D eigenvalue weighted by Crippen LogP contribution is 2.18. The molecule has 0 aliphatic carbocycles. The number of benzene rings is 1. The molecule has 1 atom stereocenters. The van der Waals surface area contributed by atoms with E-state index in [0.717, 1.165) is 5.75 Å². The third-order valence-electron chi connectivity index (χ3n) is 2.30. The Balaban J connectivity index is 2.61. The summed E-state index contributed by atoms with van der Waals surface area (Å²) < 4.78 is 0. The molecule has 1 unspecified atom stereocenters. The molecule has 1 amide bonds. The standard InChI is InChI=1S/C12H17ClN2OS/c1-8(7-17-2)6-15-12(16)10-5-9(14)3-4-11(10)13/h3-5,8H,6-7,14H2,1-2H3,(H,15,16). The first-order chi connectivity index (χ1) is 8.04. The van der Waals surface area contributed by atoms with Crippen molar-refractivity contribution in [1.82, 2.24) is 5.32 Å². The first-order valence-corrected chi connectivity index (χ1v) is 7.14. The average molecular weight is 273 g/mol. The number of nitrogens with one attached hydrogen (secondary N) is 1. The third kappa shape index (κ3) is 4.48. The second kappa shape index (κ2) is 6.77. The van der Waals surface area contributed by atoms with E-state index in [1.807, 2.05) is 6.26 Å². The molecule has 0 aliphatic heterocycles. The van der Waals surface area contributed by atoms with E-state index in [0.29, 0.717) is 28.7 Å². The molecule has 0 fully saturated rings. The predicted molar refractivity (Wildman–Crippen MR) is 75.7 cm³/mol. The van der Waals surface area contributed by atoms with Gasteiger partial charge in [-0.15, -0.1) is 0 Å². The van der Waals surface area contributed by atoms with Gasteiger partial charge in [0.1, 0.15) is 0 Å². The van der Waals surface area contributed by atoms with Gasteiger partial charge in [0.2, 0.25) is 0 Å². The van der Waals surface area contributed by atoms with Gasteiger partial charge in [0.05, 0.1) is 10.6 Å². The van der Waals surface area contributed by atoms with Crippen molar-refractivity contribution in [1.29, 1.82) is 0 Å². The maximum absolute atomic E-state index is 11.9. The van der Waals surface area contributed by atoms with Gasteiger partial charge in [0.25, 0.3) is 5.91 Å². The van der Waals surface area contributed by atoms with Crippen molar-refractivity contribution in [2.45, 2.75) is 6.92 Å². The highest BCUT2D eigenvalue weighted by Gasteiger charge is 2.11. The number of rotatable bonds is 5. The highest BCUT2D eigenvalue weighted by molar-refractivity contribution is 7.98. The zero-order valence-corrected chi connectivity index (χ0v) is 11.6. The fourth-order valence-corrected chi connectivity index (χ4v) is 2.31. The summed E-state index contributed by atoms with van der Waals surface area (Å²) in [5.74, 6) is 1.29. The molecule has 0 saturated carbocycles. The second-order valence-corrected chi connectivity index (χ2v) is 5.33. The van der Waals surface area contributed by atoms with Crippen molar-refractivity contribution in [2.75, 3.05) is 24.3 Å². The first-order valence-electron chi connectivity index (χ1n) is 5.36. The number of carbonyl (C=O) groups excluding carboxylic acids is 1. The summed E-state index contributed by atoms with van der Waals surface area (Å²) >= 11 is 7.71. The van der Waals surface area contributed by atoms with Crippen LogP contribution < -0.4 is 11.1 Å². The number of amides is 1. The molecule has 0 saturated heterocycles. The number of anilines is 1. The van der Waals surface area contributed by atoms with E-state index in [9.17, 15) is 4.79 Å². The highest BCUT2D eigenvalue weighted by atomic mass is 35.5. The second-order valence-electron chi connectivity index (χ2n) is 4.01. The van der Waals surface area contributed by atoms with Crippen LogP contribution in [0, 0.1) is 5.92 Å². The molecule has 0 spiro atoms. The Hall–Kier alpha value is -0.870. The number of nitrogens with two attached hydrogens (primary N) is 1. The van der Waals surface area contributed by atoms with Crippen LogP contribution in [-0.2, 0) is 0 Å². The maximum Gasteiger partial charge on any atom is 0.252 e. The molecule has 0 radical (unpaired) electrons. The lowest BCUT2D eigenvalue weighted by Crippen LogP contribution is -2.29. The van der Waals surface area contributed by atoms with Crippen LogP contribution >= 0.6 is 23.4 Å². The molecule has 0 aliphatic rings. The van der Waals surface area contributed by atoms with Crippen LogP contribution in [0.2, 0.25) is 5.02 Å². The van der Waals surface area contributed by atoms with Gasteiger partial charge in [0.15, 0.2) is 0 Å². The molecule has 1 aromatic rings. The van der Waals surface area contributed by atoms with E-state index in [-0.39, 0.29) is 5.91 Å². The number of nitrogen functional groups attached to an aromatic ring is 1. The van der Waals surface area contributed by atoms with Gasteiger partial charge in [-0.3, -0.25) is 4.79 Å². The molecule has 17 heavy (non-hydrogen) atoms. The Kier molecular flexibility index (Phi) is 5.65. The Morgan fingerprint density at radius 2 is 2.29 bits per heavy atom. The molecule has 0 bridgehead atoms. The molecule has 94 valence electrons. The zero-order chi connectivity index (χ0) is 12.8. The maximum atomic E-state index is 11.9. The van der Waals surface area contributed by atoms with Crippen molar-refractivity contribution < 1.29 is 4.79 Å². The number of hydrogen-bond acceptors (Lipinski definition) is 3. The predicted octanol–water partition coefficient (Wildman–Crippen LogP) is 2.65. The van der Waals surface area contributed by atoms with Crippen LogP contribution in [0.1, 0.15) is 17.3 Å². The fraction of sp³-hybridized carbons (Fsp3) is 0.417. The lowest BCUT2D eigenvalue weighted by atomic mass is 10.1. The van der Waals surface area contributed by atoms with Crippen LogP contribution in [0.25, 0.3) is 0 Å². The van der Waals surface area contributed by atoms with E-state index in [2.05, 4.69) is 12.2 Å². The Labute approximate surface area is 111 Å². The lowest BCUT2D eigenvalue weighted by molar-refractivity contribution is 0.0949. The Bertz CT molecular complexity index is 398. The van der Waals surface area contributed by atoms with Gasteiger partial charge >= 0.3 is 0 Å². The molecule has 1 aromatic carbocycles. The molecule has 0 aromatic heterocycles. The minimum Gasteiger partial charge on any atom is -0.399 e. The minimum atomic E-state index is -0.171. The lowest BCUT2D eigenvalue weighted by Gasteiger charge is -2.12. The number of hydrogen-bond donors (Lipinski definition) is 2. The average Bonchev–Trinajstić information content (AvgIpc) is 2.29. The molecule has 5 heteroatoms. The van der Waals surface area contributed by atoms with Crippen LogP contribution in [0.3, 0.4) is 0 Å². The van der Waals surface area contributed by atoms with E-state index in [4.69, 9.17) is 17.3 Å². The Morgan fingerprint density at radius 3 is 2.94 bits per heavy atom. The van der Waals surface area contributed by atoms with Crippen molar-refractivity contribution in [3.63, 3.8) is 0 Å². The van der Waals surface area contributed by atoms with Crippen LogP contribution in [-0.4, -0.2) is 24.5 Å². The van der Waals surface area contributed by atoms with Gasteiger partial charge in [-0.05, 0) is 36.1 Å². The van der Waals surface area contributed by atoms with Crippen molar-refractivity contribution >= 4 is 35.0 Å². The summed E-state index contributed by atoms with van der Waals surface area (Å²) in [6.07, 6.45) is 2.05. The molecule has 3 N–H and O–H groups in total. The quantitative estimate of drug-likeness (QED) is 0.811. The van der Waals surface area contributed by atoms with Crippen molar-refractivity contribution in [2.24, 2.45) is 5.92 Å². The summed E-state index contributed by atoms with van der Waals surface area (Å²) in [5, 5.41) is 3.28. The summed E-state index contributed by atoms with van der Waals surface area (Å²) in [7, 11) is 0. The van der Waals surface area contributed by atoms with Crippen LogP contribution in [0.5, 0.6) is 0 Å². The molecular weight excluding hydrogens is 256 g/mol. The smallest absolute Gasteiger partial charge is 0.252 e. The number of carbonyl (C=O) groups is 1. The molecule has 1 rings (SSSR count). The zero-order valence-electron chi connectivity index (χ0n) is 10.00. The van der Waals surface area contributed by atoms with E-state index in [1.54, 1.807) is 30.0 Å². The molecular formula is C12H17ClN2OS. The van der Waals surface area contributed by atoms with Crippen LogP contribution in [0.15, 0.2) is 18.2 Å². The minimum absolute atomic E-state index is 0.171. The molecule has 3 nitrogen and oxygen atoms in total. The van der Waals surface area contributed by atoms with Crippen LogP contribution in [0.4, 0.5) is 5.69 Å². The monoisotopic (exact) mass is 272 g/mol. The number of halogens is 1. The SMILES string of the molecule is CSCC(C)CNC(=O)c1cc(N)ccc1Cl. The first kappa shape index (κ1) is 14.2. The summed E-state index contributed by atoms with van der Waals surface area (Å²) in [6, 6.07) is 4.91. The third-order valence-corrected chi connectivity index (χ3v) is 3.53. The molecule has 0 heterocycles. The summed E-state index contributed by atoms with van der Waals surface area (Å²) in [5.41, 5.74) is 6.60. The normalized spacial score (nSPS) is 12.2. The van der Waals surface area contributed by atoms with E-state index in [1.165, 1.54) is 0 Å². The van der Waals surface area contributed by atoms with E-state index < -0.39 is 0 Å². The van der Waals surface area contributed by atoms with Gasteiger partial charge < -0.3 is 11.1 Å². The van der Waals surface area contributed by atoms with Crippen molar-refractivity contribution in [3.8, 4) is 0 Å². The van der Waals surface area contributed by atoms with Gasteiger partial charge in [-0.25, -0.2) is 0 Å². The summed E-state index contributed by atoms with van der Waals surface area (Å²) in [4.78, 5) is 11.9. The van der Waals surface area contributed by atoms with Gasteiger partial charge in [0, 0.05) is 12.2 Å².